The number of nitrogens with one attached hydrogen (secondary N) is 1. The van der Waals surface area contributed by atoms with Crippen LogP contribution in [0.3, 0.4) is 0 Å². The molecule has 0 fully saturated rings. The van der Waals surface area contributed by atoms with Gasteiger partial charge in [-0.1, -0.05) is 20.8 Å². The van der Waals surface area contributed by atoms with Crippen molar-refractivity contribution in [3.05, 3.63) is 17.8 Å². The molecule has 3 heteroatoms. The molecular formula is C12H22N2O. The molecule has 0 spiro atoms. The number of hydrogen-bond donors (Lipinski definition) is 1. The van der Waals surface area contributed by atoms with E-state index in [1.165, 1.54) is 0 Å². The molecule has 0 bridgehead atoms. The van der Waals surface area contributed by atoms with E-state index >= 15 is 0 Å². The average Bonchev–Trinajstić information content (AvgIpc) is 2.63. The number of aromatic nitrogens is 1. The van der Waals surface area contributed by atoms with E-state index in [9.17, 15) is 0 Å². The van der Waals surface area contributed by atoms with Crippen LogP contribution in [0.15, 0.2) is 10.8 Å². The number of nitrogens with zero attached hydrogens (tertiary/aromatic N) is 1. The minimum atomic E-state index is 0.714. The predicted molar refractivity (Wildman–Crippen MR) is 61.7 cm³/mol. The van der Waals surface area contributed by atoms with Gasteiger partial charge in [-0.2, -0.15) is 0 Å². The van der Waals surface area contributed by atoms with Crippen LogP contribution in [0.1, 0.15) is 45.1 Å². The van der Waals surface area contributed by atoms with Gasteiger partial charge in [0, 0.05) is 13.0 Å². The van der Waals surface area contributed by atoms with E-state index in [0.717, 1.165) is 43.8 Å². The third-order valence-corrected chi connectivity index (χ3v) is 2.39. The molecule has 0 saturated carbocycles. The summed E-state index contributed by atoms with van der Waals surface area (Å²) in [6, 6.07) is 0. The first kappa shape index (κ1) is 12.2. The zero-order chi connectivity index (χ0) is 11.1. The van der Waals surface area contributed by atoms with E-state index in [-0.39, 0.29) is 0 Å². The van der Waals surface area contributed by atoms with Gasteiger partial charge in [-0.05, 0) is 25.3 Å². The van der Waals surface area contributed by atoms with Crippen LogP contribution in [0.4, 0.5) is 0 Å². The first-order valence-electron chi connectivity index (χ1n) is 5.86. The summed E-state index contributed by atoms with van der Waals surface area (Å²) >= 11 is 0. The summed E-state index contributed by atoms with van der Waals surface area (Å²) in [6.07, 6.45) is 4.87. The Bertz CT molecular complexity index is 268. The number of oxazole rings is 1. The molecule has 1 aromatic heterocycles. The summed E-state index contributed by atoms with van der Waals surface area (Å²) in [5, 5.41) is 3.34. The Balaban J connectivity index is 2.39. The topological polar surface area (TPSA) is 38.1 Å². The summed E-state index contributed by atoms with van der Waals surface area (Å²) < 4.78 is 5.39. The van der Waals surface area contributed by atoms with E-state index < -0.39 is 0 Å². The molecule has 0 atom stereocenters. The fourth-order valence-corrected chi connectivity index (χ4v) is 1.44. The van der Waals surface area contributed by atoms with Crippen molar-refractivity contribution in [1.82, 2.24) is 10.3 Å². The number of hydrogen-bond acceptors (Lipinski definition) is 3. The normalized spacial score (nSPS) is 11.2. The highest BCUT2D eigenvalue weighted by Gasteiger charge is 2.08. The van der Waals surface area contributed by atoms with Crippen LogP contribution < -0.4 is 5.32 Å². The van der Waals surface area contributed by atoms with E-state index in [0.29, 0.717) is 5.92 Å². The molecule has 0 aromatic carbocycles. The molecule has 0 amide bonds. The van der Waals surface area contributed by atoms with Crippen molar-refractivity contribution in [3.8, 4) is 0 Å². The Labute approximate surface area is 92.3 Å². The molecule has 86 valence electrons. The standard InChI is InChI=1S/C12H22N2O/c1-4-7-13-8-11-12(15-9-14-11)6-5-10(2)3/h9-10,13H,4-8H2,1-3H3. The van der Waals surface area contributed by atoms with Crippen LogP contribution >= 0.6 is 0 Å². The van der Waals surface area contributed by atoms with Crippen molar-refractivity contribution >= 4 is 0 Å². The second kappa shape index (κ2) is 6.62. The van der Waals surface area contributed by atoms with Crippen molar-refractivity contribution in [2.24, 2.45) is 5.92 Å². The zero-order valence-corrected chi connectivity index (χ0v) is 10.0. The lowest BCUT2D eigenvalue weighted by Gasteiger charge is -2.04. The van der Waals surface area contributed by atoms with Gasteiger partial charge in [-0.15, -0.1) is 0 Å². The Kier molecular flexibility index (Phi) is 5.40. The third-order valence-electron chi connectivity index (χ3n) is 2.39. The van der Waals surface area contributed by atoms with E-state index in [1.54, 1.807) is 6.39 Å². The summed E-state index contributed by atoms with van der Waals surface area (Å²) in [5.41, 5.74) is 1.07. The van der Waals surface area contributed by atoms with Gasteiger partial charge in [-0.3, -0.25) is 0 Å². The van der Waals surface area contributed by atoms with Gasteiger partial charge in [0.05, 0.1) is 5.69 Å². The molecule has 0 aliphatic carbocycles. The largest absolute Gasteiger partial charge is 0.448 e. The maximum Gasteiger partial charge on any atom is 0.181 e. The van der Waals surface area contributed by atoms with Crippen LogP contribution in [0.25, 0.3) is 0 Å². The fraction of sp³-hybridized carbons (Fsp3) is 0.750. The summed E-state index contributed by atoms with van der Waals surface area (Å²) in [7, 11) is 0. The number of aryl methyl sites for hydroxylation is 1. The Hall–Kier alpha value is -0.830. The van der Waals surface area contributed by atoms with Crippen LogP contribution in [0.2, 0.25) is 0 Å². The first-order chi connectivity index (χ1) is 7.24. The molecule has 1 rings (SSSR count). The Morgan fingerprint density at radius 2 is 2.27 bits per heavy atom. The van der Waals surface area contributed by atoms with Crippen molar-refractivity contribution in [2.45, 2.75) is 46.6 Å². The van der Waals surface area contributed by atoms with Crippen molar-refractivity contribution in [3.63, 3.8) is 0 Å². The third kappa shape index (κ3) is 4.47. The molecule has 0 aliphatic heterocycles. The van der Waals surface area contributed by atoms with Crippen LogP contribution in [-0.4, -0.2) is 11.5 Å². The molecule has 0 unspecified atom stereocenters. The molecular weight excluding hydrogens is 188 g/mol. The van der Waals surface area contributed by atoms with E-state index in [1.807, 2.05) is 0 Å². The van der Waals surface area contributed by atoms with Gasteiger partial charge in [0.1, 0.15) is 5.76 Å². The quantitative estimate of drug-likeness (QED) is 0.703. The van der Waals surface area contributed by atoms with E-state index in [2.05, 4.69) is 31.1 Å². The smallest absolute Gasteiger partial charge is 0.181 e. The maximum atomic E-state index is 5.39. The van der Waals surface area contributed by atoms with Gasteiger partial charge < -0.3 is 9.73 Å². The molecule has 0 saturated heterocycles. The van der Waals surface area contributed by atoms with Gasteiger partial charge in [0.15, 0.2) is 6.39 Å². The highest BCUT2D eigenvalue weighted by atomic mass is 16.3. The van der Waals surface area contributed by atoms with E-state index in [4.69, 9.17) is 4.42 Å². The minimum Gasteiger partial charge on any atom is -0.448 e. The predicted octanol–water partition coefficient (Wildman–Crippen LogP) is 2.76. The summed E-state index contributed by atoms with van der Waals surface area (Å²) in [4.78, 5) is 4.24. The van der Waals surface area contributed by atoms with Gasteiger partial charge in [0.2, 0.25) is 0 Å². The molecule has 1 heterocycles. The highest BCUT2D eigenvalue weighted by Crippen LogP contribution is 2.12. The SMILES string of the molecule is CCCNCc1ncoc1CCC(C)C. The van der Waals surface area contributed by atoms with Gasteiger partial charge in [-0.25, -0.2) is 4.98 Å². The second-order valence-electron chi connectivity index (χ2n) is 4.33. The lowest BCUT2D eigenvalue weighted by atomic mass is 10.1. The summed E-state index contributed by atoms with van der Waals surface area (Å²) in [6.45, 7) is 8.49. The summed E-state index contributed by atoms with van der Waals surface area (Å²) in [5.74, 6) is 1.76. The average molecular weight is 210 g/mol. The lowest BCUT2D eigenvalue weighted by molar-refractivity contribution is 0.467. The molecule has 15 heavy (non-hydrogen) atoms. The van der Waals surface area contributed by atoms with Crippen molar-refractivity contribution in [1.29, 1.82) is 0 Å². The van der Waals surface area contributed by atoms with Gasteiger partial charge >= 0.3 is 0 Å². The van der Waals surface area contributed by atoms with Crippen LogP contribution in [-0.2, 0) is 13.0 Å². The Morgan fingerprint density at radius 3 is 2.93 bits per heavy atom. The Morgan fingerprint density at radius 1 is 1.47 bits per heavy atom. The highest BCUT2D eigenvalue weighted by molar-refractivity contribution is 5.07. The minimum absolute atomic E-state index is 0.714. The molecule has 0 radical (unpaired) electrons. The molecule has 1 aromatic rings. The monoisotopic (exact) mass is 210 g/mol. The zero-order valence-electron chi connectivity index (χ0n) is 10.0. The molecule has 1 N–H and O–H groups in total. The van der Waals surface area contributed by atoms with Crippen LogP contribution in [0.5, 0.6) is 0 Å². The molecule has 3 nitrogen and oxygen atoms in total. The van der Waals surface area contributed by atoms with Gasteiger partial charge in [0.25, 0.3) is 0 Å². The second-order valence-corrected chi connectivity index (χ2v) is 4.33. The number of rotatable bonds is 7. The van der Waals surface area contributed by atoms with Crippen molar-refractivity contribution < 1.29 is 4.42 Å². The maximum absolute atomic E-state index is 5.39. The first-order valence-corrected chi connectivity index (χ1v) is 5.86. The lowest BCUT2D eigenvalue weighted by Crippen LogP contribution is -2.15. The molecule has 0 aliphatic rings. The van der Waals surface area contributed by atoms with Crippen LogP contribution in [0, 0.1) is 5.92 Å². The fourth-order valence-electron chi connectivity index (χ4n) is 1.44. The van der Waals surface area contributed by atoms with Crippen molar-refractivity contribution in [2.75, 3.05) is 6.54 Å².